The Morgan fingerprint density at radius 3 is 2.17 bits per heavy atom. The molecule has 0 aliphatic rings. The van der Waals surface area contributed by atoms with Gasteiger partial charge in [-0.2, -0.15) is 0 Å². The van der Waals surface area contributed by atoms with Gasteiger partial charge in [-0.05, 0) is 37.5 Å². The number of pyridine rings is 1. The zero-order valence-electron chi connectivity index (χ0n) is 19.9. The molecule has 7 heteroatoms. The van der Waals surface area contributed by atoms with Crippen LogP contribution in [0.5, 0.6) is 5.88 Å². The van der Waals surface area contributed by atoms with Gasteiger partial charge in [-0.25, -0.2) is 15.0 Å². The van der Waals surface area contributed by atoms with E-state index in [1.807, 2.05) is 59.9 Å². The van der Waals surface area contributed by atoms with Gasteiger partial charge in [-0.3, -0.25) is 0 Å². The maximum absolute atomic E-state index is 6.27. The Morgan fingerprint density at radius 2 is 1.67 bits per heavy atom. The molecule has 3 aromatic heterocycles. The molecular weight excluding hydrogens is 400 g/mol. The number of nitrogens with zero attached hydrogens (tertiary/aromatic N) is 3. The lowest BCUT2D eigenvalue weighted by atomic mass is 10.1. The van der Waals surface area contributed by atoms with Crippen molar-refractivity contribution in [1.29, 1.82) is 0 Å². The van der Waals surface area contributed by atoms with E-state index in [4.69, 9.17) is 21.1 Å². The maximum Gasteiger partial charge on any atom is 0.223 e. The summed E-state index contributed by atoms with van der Waals surface area (Å²) in [6, 6.07) is 3.87. The fourth-order valence-electron chi connectivity index (χ4n) is 2.42. The van der Waals surface area contributed by atoms with Gasteiger partial charge in [-0.1, -0.05) is 53.1 Å². The summed E-state index contributed by atoms with van der Waals surface area (Å²) >= 11 is 6.27. The maximum atomic E-state index is 6.27. The molecule has 0 aliphatic heterocycles. The fourth-order valence-corrected chi connectivity index (χ4v) is 2.65. The lowest BCUT2D eigenvalue weighted by Crippen LogP contribution is -1.98. The second-order valence-corrected chi connectivity index (χ2v) is 6.10. The normalized spacial score (nSPS) is 9.53. The van der Waals surface area contributed by atoms with Crippen LogP contribution in [0.25, 0.3) is 22.4 Å². The molecule has 1 N–H and O–H groups in total. The third kappa shape index (κ3) is 7.58. The van der Waals surface area contributed by atoms with E-state index in [2.05, 4.69) is 26.9 Å². The third-order valence-electron chi connectivity index (χ3n) is 3.79. The first-order chi connectivity index (χ1) is 14.5. The molecule has 0 bridgehead atoms. The molecule has 3 heterocycles. The number of fused-ring (bicyclic) bond motifs is 1. The van der Waals surface area contributed by atoms with Gasteiger partial charge in [0.25, 0.3) is 0 Å². The zero-order chi connectivity index (χ0) is 23.1. The van der Waals surface area contributed by atoms with Crippen molar-refractivity contribution in [2.45, 2.75) is 61.3 Å². The van der Waals surface area contributed by atoms with E-state index in [1.54, 1.807) is 14.2 Å². The number of hydrogen-bond acceptors (Lipinski definition) is 5. The molecule has 3 aromatic rings. The summed E-state index contributed by atoms with van der Waals surface area (Å²) in [5.41, 5.74) is 4.79. The Hall–Kier alpha value is -2.18. The summed E-state index contributed by atoms with van der Waals surface area (Å²) in [6.07, 6.45) is 3.82. The molecule has 0 saturated carbocycles. The molecule has 30 heavy (non-hydrogen) atoms. The van der Waals surface area contributed by atoms with E-state index in [1.165, 1.54) is 0 Å². The molecule has 6 nitrogen and oxygen atoms in total. The van der Waals surface area contributed by atoms with Crippen LogP contribution >= 0.6 is 11.6 Å². The highest BCUT2D eigenvalue weighted by atomic mass is 35.5. The van der Waals surface area contributed by atoms with E-state index in [9.17, 15) is 0 Å². The topological polar surface area (TPSA) is 72.9 Å². The molecule has 0 saturated heterocycles. The minimum atomic E-state index is 0.327. The number of nitrogens with one attached hydrogen (secondary N) is 1. The predicted molar refractivity (Wildman–Crippen MR) is 128 cm³/mol. The monoisotopic (exact) mass is 436 g/mol. The highest BCUT2D eigenvalue weighted by Gasteiger charge is 2.16. The van der Waals surface area contributed by atoms with E-state index < -0.39 is 0 Å². The number of methoxy groups -OCH3 is 2. The van der Waals surface area contributed by atoms with Gasteiger partial charge in [0.15, 0.2) is 10.8 Å². The van der Waals surface area contributed by atoms with Crippen molar-refractivity contribution in [2.75, 3.05) is 20.8 Å². The first-order valence-corrected chi connectivity index (χ1v) is 11.0. The van der Waals surface area contributed by atoms with Crippen molar-refractivity contribution in [1.82, 2.24) is 19.9 Å². The summed E-state index contributed by atoms with van der Waals surface area (Å²) in [5, 5.41) is 0.327. The van der Waals surface area contributed by atoms with Crippen molar-refractivity contribution < 1.29 is 9.47 Å². The SMILES string of the molecule is CC.CC.CCCOC.CCc1ccc(-c2nc3c(C)c[nH]c3nc2Cl)c(OC)n1. The van der Waals surface area contributed by atoms with Crippen LogP contribution < -0.4 is 4.74 Å². The number of rotatable bonds is 5. The van der Waals surface area contributed by atoms with Crippen molar-refractivity contribution in [3.8, 4) is 17.1 Å². The fraction of sp³-hybridized carbons (Fsp3) is 0.522. The van der Waals surface area contributed by atoms with Crippen LogP contribution in [0.3, 0.4) is 0 Å². The summed E-state index contributed by atoms with van der Waals surface area (Å²) in [6.45, 7) is 15.0. The van der Waals surface area contributed by atoms with E-state index in [0.29, 0.717) is 22.4 Å². The highest BCUT2D eigenvalue weighted by molar-refractivity contribution is 6.32. The molecule has 3 rings (SSSR count). The number of ether oxygens (including phenoxy) is 2. The number of halogens is 1. The first kappa shape index (κ1) is 27.8. The Bertz CT molecular complexity index is 864. The lowest BCUT2D eigenvalue weighted by Gasteiger charge is -2.09. The van der Waals surface area contributed by atoms with Crippen LogP contribution in [0.15, 0.2) is 18.3 Å². The molecule has 0 spiro atoms. The quantitative estimate of drug-likeness (QED) is 0.484. The Labute approximate surface area is 186 Å². The van der Waals surface area contributed by atoms with Gasteiger partial charge < -0.3 is 14.5 Å². The molecular formula is C23H37ClN4O2. The Morgan fingerprint density at radius 1 is 1.00 bits per heavy atom. The number of H-pyrrole nitrogens is 1. The smallest absolute Gasteiger partial charge is 0.223 e. The van der Waals surface area contributed by atoms with E-state index >= 15 is 0 Å². The number of aryl methyl sites for hydroxylation is 2. The van der Waals surface area contributed by atoms with Crippen molar-refractivity contribution >= 4 is 22.8 Å². The van der Waals surface area contributed by atoms with Crippen molar-refractivity contribution in [3.63, 3.8) is 0 Å². The van der Waals surface area contributed by atoms with Gasteiger partial charge in [0.05, 0.1) is 12.7 Å². The van der Waals surface area contributed by atoms with Crippen molar-refractivity contribution in [3.05, 3.63) is 34.7 Å². The summed E-state index contributed by atoms with van der Waals surface area (Å²) in [7, 11) is 3.30. The number of aromatic nitrogens is 4. The summed E-state index contributed by atoms with van der Waals surface area (Å²) < 4.78 is 10.1. The van der Waals surface area contributed by atoms with Gasteiger partial charge in [0, 0.05) is 25.6 Å². The van der Waals surface area contributed by atoms with Gasteiger partial charge >= 0.3 is 0 Å². The minimum absolute atomic E-state index is 0.327. The second-order valence-electron chi connectivity index (χ2n) is 5.74. The van der Waals surface area contributed by atoms with Crippen LogP contribution in [-0.2, 0) is 11.2 Å². The summed E-state index contributed by atoms with van der Waals surface area (Å²) in [4.78, 5) is 16.5. The van der Waals surface area contributed by atoms with Crippen LogP contribution in [0.4, 0.5) is 0 Å². The van der Waals surface area contributed by atoms with Gasteiger partial charge in [-0.15, -0.1) is 0 Å². The number of hydrogen-bond donors (Lipinski definition) is 1. The average molecular weight is 437 g/mol. The molecule has 0 atom stereocenters. The molecule has 0 aliphatic carbocycles. The lowest BCUT2D eigenvalue weighted by molar-refractivity contribution is 0.199. The summed E-state index contributed by atoms with van der Waals surface area (Å²) in [5.74, 6) is 0.512. The molecule has 0 unspecified atom stereocenters. The minimum Gasteiger partial charge on any atom is -0.480 e. The average Bonchev–Trinajstić information content (AvgIpc) is 3.16. The van der Waals surface area contributed by atoms with Crippen LogP contribution in [0.2, 0.25) is 5.15 Å². The van der Waals surface area contributed by atoms with Crippen LogP contribution in [0, 0.1) is 6.92 Å². The highest BCUT2D eigenvalue weighted by Crippen LogP contribution is 2.33. The largest absolute Gasteiger partial charge is 0.480 e. The molecule has 0 amide bonds. The molecule has 0 fully saturated rings. The Balaban J connectivity index is 0.000000808. The standard InChI is InChI=1S/C15H15ClN4O.C4H10O.2C2H6/c1-4-9-5-6-10(15(18-9)21-3)12-13(16)20-14-11(19-12)8(2)7-17-14;1-3-4-5-2;2*1-2/h5-7H,4H2,1-3H3,(H,17,20);3-4H2,1-2H3;2*1-2H3. The second kappa shape index (κ2) is 15.6. The Kier molecular flexibility index (Phi) is 14.5. The van der Waals surface area contributed by atoms with E-state index in [0.717, 1.165) is 41.8 Å². The van der Waals surface area contributed by atoms with Crippen LogP contribution in [-0.4, -0.2) is 40.8 Å². The van der Waals surface area contributed by atoms with Crippen molar-refractivity contribution in [2.24, 2.45) is 0 Å². The van der Waals surface area contributed by atoms with Gasteiger partial charge in [0.1, 0.15) is 11.2 Å². The first-order valence-electron chi connectivity index (χ1n) is 10.6. The molecule has 0 aromatic carbocycles. The zero-order valence-corrected chi connectivity index (χ0v) is 20.6. The predicted octanol–water partition coefficient (Wildman–Crippen LogP) is 6.65. The molecule has 168 valence electrons. The molecule has 0 radical (unpaired) electrons. The van der Waals surface area contributed by atoms with Crippen LogP contribution in [0.1, 0.15) is 59.2 Å². The number of aromatic amines is 1. The third-order valence-corrected chi connectivity index (χ3v) is 4.05. The van der Waals surface area contributed by atoms with Gasteiger partial charge in [0.2, 0.25) is 5.88 Å². The van der Waals surface area contributed by atoms with E-state index in [-0.39, 0.29) is 0 Å².